The molecule has 0 unspecified atom stereocenters. The zero-order valence-electron chi connectivity index (χ0n) is 12.7. The van der Waals surface area contributed by atoms with E-state index in [2.05, 4.69) is 83.8 Å². The average Bonchev–Trinajstić information content (AvgIpc) is 2.64. The van der Waals surface area contributed by atoms with Crippen molar-refractivity contribution in [2.75, 3.05) is 4.90 Å². The lowest BCUT2D eigenvalue weighted by Gasteiger charge is -2.26. The summed E-state index contributed by atoms with van der Waals surface area (Å²) in [5, 5.41) is 2.47. The number of nitrogens with zero attached hydrogens (tertiary/aromatic N) is 1. The van der Waals surface area contributed by atoms with Crippen LogP contribution in [0.4, 0.5) is 17.1 Å². The van der Waals surface area contributed by atoms with Crippen LogP contribution in [-0.2, 0) is 0 Å². The van der Waals surface area contributed by atoms with Gasteiger partial charge in [0.1, 0.15) is 0 Å². The van der Waals surface area contributed by atoms with Gasteiger partial charge in [-0.15, -0.1) is 0 Å². The second-order valence-electron chi connectivity index (χ2n) is 5.42. The Bertz CT molecular complexity index is 869. The molecule has 23 heavy (non-hydrogen) atoms. The highest BCUT2D eigenvalue weighted by atomic mass is 15.1. The van der Waals surface area contributed by atoms with Crippen molar-refractivity contribution in [3.63, 3.8) is 0 Å². The predicted molar refractivity (Wildman–Crippen MR) is 97.5 cm³/mol. The third-order valence-electron chi connectivity index (χ3n) is 3.96. The molecule has 109 valence electrons. The van der Waals surface area contributed by atoms with Crippen LogP contribution in [0, 0.1) is 6.07 Å². The maximum absolute atomic E-state index is 3.36. The molecule has 0 heterocycles. The van der Waals surface area contributed by atoms with Crippen LogP contribution in [-0.4, -0.2) is 0 Å². The highest BCUT2D eigenvalue weighted by molar-refractivity contribution is 5.98. The summed E-state index contributed by atoms with van der Waals surface area (Å²) in [7, 11) is 0. The summed E-state index contributed by atoms with van der Waals surface area (Å²) in [6, 6.07) is 36.8. The quantitative estimate of drug-likeness (QED) is 0.440. The number of anilines is 3. The fraction of sp³-hybridized carbons (Fsp3) is 0. The molecule has 0 saturated heterocycles. The lowest BCUT2D eigenvalue weighted by molar-refractivity contribution is 1.29. The fourth-order valence-corrected chi connectivity index (χ4v) is 2.91. The topological polar surface area (TPSA) is 3.24 Å². The summed E-state index contributed by atoms with van der Waals surface area (Å²) < 4.78 is 0. The minimum absolute atomic E-state index is 1.04. The molecule has 0 aliphatic heterocycles. The molecule has 0 N–H and O–H groups in total. The molecule has 4 aromatic carbocycles. The standard InChI is InChI=1S/C22H16N/c1-3-12-19(13-4-1)23(20-14-5-2-6-15-20)22-17-9-11-18-10-7-8-16-21(18)22/h1-14,16-17H. The maximum atomic E-state index is 3.36. The van der Waals surface area contributed by atoms with Crippen LogP contribution in [0.2, 0.25) is 0 Å². The van der Waals surface area contributed by atoms with E-state index in [4.69, 9.17) is 0 Å². The lowest BCUT2D eigenvalue weighted by atomic mass is 10.1. The summed E-state index contributed by atoms with van der Waals surface area (Å²) in [5.41, 5.74) is 3.33. The van der Waals surface area contributed by atoms with Gasteiger partial charge in [0.15, 0.2) is 0 Å². The smallest absolute Gasteiger partial charge is 0.0541 e. The first-order chi connectivity index (χ1) is 11.4. The van der Waals surface area contributed by atoms with Gasteiger partial charge in [0.05, 0.1) is 11.4 Å². The number of hydrogen-bond acceptors (Lipinski definition) is 1. The Morgan fingerprint density at radius 2 is 1.35 bits per heavy atom. The van der Waals surface area contributed by atoms with E-state index in [1.807, 2.05) is 24.3 Å². The summed E-state index contributed by atoms with van der Waals surface area (Å²) in [6.07, 6.45) is 0. The largest absolute Gasteiger partial charge is 0.309 e. The number of rotatable bonds is 3. The molecule has 0 fully saturated rings. The van der Waals surface area contributed by atoms with Crippen LogP contribution in [0.5, 0.6) is 0 Å². The van der Waals surface area contributed by atoms with Crippen LogP contribution in [0.3, 0.4) is 0 Å². The molecule has 1 heteroatoms. The Balaban J connectivity index is 1.98. The van der Waals surface area contributed by atoms with Gasteiger partial charge in [0.25, 0.3) is 0 Å². The first-order valence-electron chi connectivity index (χ1n) is 7.73. The monoisotopic (exact) mass is 294 g/mol. The van der Waals surface area contributed by atoms with Crippen molar-refractivity contribution in [2.45, 2.75) is 0 Å². The van der Waals surface area contributed by atoms with Gasteiger partial charge in [-0.3, -0.25) is 0 Å². The second-order valence-corrected chi connectivity index (χ2v) is 5.42. The molecule has 0 atom stereocenters. The Morgan fingerprint density at radius 3 is 2.17 bits per heavy atom. The molecular weight excluding hydrogens is 278 g/mol. The molecule has 0 spiro atoms. The van der Waals surface area contributed by atoms with E-state index < -0.39 is 0 Å². The first kappa shape index (κ1) is 13.6. The Hall–Kier alpha value is -3.06. The number of hydrogen-bond donors (Lipinski definition) is 0. The van der Waals surface area contributed by atoms with Crippen molar-refractivity contribution in [1.29, 1.82) is 0 Å². The minimum Gasteiger partial charge on any atom is -0.309 e. The van der Waals surface area contributed by atoms with E-state index in [9.17, 15) is 0 Å². The van der Waals surface area contributed by atoms with Gasteiger partial charge in [-0.1, -0.05) is 72.8 Å². The number of fused-ring (bicyclic) bond motifs is 1. The zero-order chi connectivity index (χ0) is 15.5. The molecule has 0 saturated carbocycles. The third-order valence-corrected chi connectivity index (χ3v) is 3.96. The number of benzene rings is 4. The van der Waals surface area contributed by atoms with Gasteiger partial charge in [-0.05, 0) is 29.7 Å². The van der Waals surface area contributed by atoms with Gasteiger partial charge in [0, 0.05) is 17.1 Å². The van der Waals surface area contributed by atoms with Crippen molar-refractivity contribution in [2.24, 2.45) is 0 Å². The molecule has 4 aromatic rings. The fourth-order valence-electron chi connectivity index (χ4n) is 2.91. The molecule has 1 radical (unpaired) electrons. The van der Waals surface area contributed by atoms with Crippen molar-refractivity contribution in [3.8, 4) is 0 Å². The van der Waals surface area contributed by atoms with Crippen LogP contribution in [0.1, 0.15) is 0 Å². The van der Waals surface area contributed by atoms with E-state index in [0.717, 1.165) is 17.1 Å². The zero-order valence-corrected chi connectivity index (χ0v) is 12.7. The summed E-state index contributed by atoms with van der Waals surface area (Å²) >= 11 is 0. The Morgan fingerprint density at radius 1 is 0.609 bits per heavy atom. The molecule has 0 aromatic heterocycles. The highest BCUT2D eigenvalue weighted by Crippen LogP contribution is 2.37. The lowest BCUT2D eigenvalue weighted by Crippen LogP contribution is -2.10. The van der Waals surface area contributed by atoms with Gasteiger partial charge < -0.3 is 4.90 Å². The minimum atomic E-state index is 1.04. The van der Waals surface area contributed by atoms with Crippen LogP contribution in [0.15, 0.2) is 97.1 Å². The van der Waals surface area contributed by atoms with E-state index in [1.54, 1.807) is 0 Å². The highest BCUT2D eigenvalue weighted by Gasteiger charge is 2.14. The van der Waals surface area contributed by atoms with Gasteiger partial charge in [0.2, 0.25) is 0 Å². The molecule has 0 amide bonds. The van der Waals surface area contributed by atoms with E-state index in [1.165, 1.54) is 10.8 Å². The average molecular weight is 294 g/mol. The summed E-state index contributed by atoms with van der Waals surface area (Å²) in [5.74, 6) is 0. The van der Waals surface area contributed by atoms with Crippen LogP contribution >= 0.6 is 0 Å². The van der Waals surface area contributed by atoms with Crippen molar-refractivity contribution in [1.82, 2.24) is 0 Å². The predicted octanol–water partition coefficient (Wildman–Crippen LogP) is 6.11. The van der Waals surface area contributed by atoms with Gasteiger partial charge >= 0.3 is 0 Å². The molecular formula is C22H16N. The van der Waals surface area contributed by atoms with E-state index >= 15 is 0 Å². The molecule has 0 aliphatic carbocycles. The Kier molecular flexibility index (Phi) is 3.53. The Labute approximate surface area is 136 Å². The van der Waals surface area contributed by atoms with E-state index in [-0.39, 0.29) is 0 Å². The van der Waals surface area contributed by atoms with Crippen LogP contribution in [0.25, 0.3) is 10.8 Å². The second kappa shape index (κ2) is 5.98. The van der Waals surface area contributed by atoms with Crippen molar-refractivity contribution >= 4 is 27.8 Å². The molecule has 4 rings (SSSR count). The summed E-state index contributed by atoms with van der Waals surface area (Å²) in [4.78, 5) is 2.25. The van der Waals surface area contributed by atoms with E-state index in [0.29, 0.717) is 0 Å². The molecule has 1 nitrogen and oxygen atoms in total. The maximum Gasteiger partial charge on any atom is 0.0541 e. The summed E-state index contributed by atoms with van der Waals surface area (Å²) in [6.45, 7) is 0. The van der Waals surface area contributed by atoms with Gasteiger partial charge in [-0.2, -0.15) is 0 Å². The molecule has 0 bridgehead atoms. The SMILES string of the molecule is [c]1ccccc1N(c1ccccc1)c1cccc2ccccc12. The number of para-hydroxylation sites is 2. The van der Waals surface area contributed by atoms with Gasteiger partial charge in [-0.25, -0.2) is 0 Å². The van der Waals surface area contributed by atoms with Crippen LogP contribution < -0.4 is 4.90 Å². The van der Waals surface area contributed by atoms with Crippen molar-refractivity contribution < 1.29 is 0 Å². The van der Waals surface area contributed by atoms with Crippen molar-refractivity contribution in [3.05, 3.63) is 103 Å². The third kappa shape index (κ3) is 2.58. The molecule has 0 aliphatic rings. The first-order valence-corrected chi connectivity index (χ1v) is 7.73. The normalized spacial score (nSPS) is 10.6.